The van der Waals surface area contributed by atoms with Gasteiger partial charge >= 0.3 is 0 Å². The summed E-state index contributed by atoms with van der Waals surface area (Å²) in [5, 5.41) is 3.13. The van der Waals surface area contributed by atoms with Crippen LogP contribution >= 0.6 is 0 Å². The predicted molar refractivity (Wildman–Crippen MR) is 67.2 cm³/mol. The summed E-state index contributed by atoms with van der Waals surface area (Å²) in [5.74, 6) is -0.478. The summed E-state index contributed by atoms with van der Waals surface area (Å²) >= 11 is 0. The molecule has 6 heteroatoms. The van der Waals surface area contributed by atoms with Crippen LogP contribution in [0.5, 0.6) is 0 Å². The van der Waals surface area contributed by atoms with E-state index in [1.165, 1.54) is 18.2 Å². The molecule has 0 spiro atoms. The fourth-order valence-electron chi connectivity index (χ4n) is 2.07. The highest BCUT2D eigenvalue weighted by Crippen LogP contribution is 2.17. The summed E-state index contributed by atoms with van der Waals surface area (Å²) in [6.45, 7) is 3.46. The van der Waals surface area contributed by atoms with Gasteiger partial charge in [0, 0.05) is 12.6 Å². The zero-order chi connectivity index (χ0) is 13.2. The summed E-state index contributed by atoms with van der Waals surface area (Å²) in [7, 11) is -3.79. The van der Waals surface area contributed by atoms with E-state index < -0.39 is 15.8 Å². The van der Waals surface area contributed by atoms with Crippen LogP contribution in [0.1, 0.15) is 13.3 Å². The number of piperidine rings is 1. The summed E-state index contributed by atoms with van der Waals surface area (Å²) in [4.78, 5) is -0.289. The Hall–Kier alpha value is -0.980. The van der Waals surface area contributed by atoms with E-state index in [9.17, 15) is 12.8 Å². The molecule has 0 aromatic heterocycles. The van der Waals surface area contributed by atoms with Crippen LogP contribution in [0.3, 0.4) is 0 Å². The topological polar surface area (TPSA) is 58.2 Å². The van der Waals surface area contributed by atoms with Gasteiger partial charge in [0.2, 0.25) is 10.0 Å². The first-order valence-electron chi connectivity index (χ1n) is 5.98. The maximum Gasteiger partial charge on any atom is 0.243 e. The van der Waals surface area contributed by atoms with Gasteiger partial charge in [-0.05, 0) is 31.0 Å². The van der Waals surface area contributed by atoms with Crippen molar-refractivity contribution < 1.29 is 12.8 Å². The number of rotatable bonds is 3. The van der Waals surface area contributed by atoms with Crippen LogP contribution in [0.2, 0.25) is 0 Å². The van der Waals surface area contributed by atoms with E-state index in [2.05, 4.69) is 10.0 Å². The second kappa shape index (κ2) is 5.34. The average Bonchev–Trinajstić information content (AvgIpc) is 2.32. The lowest BCUT2D eigenvalue weighted by Gasteiger charge is -2.29. The zero-order valence-corrected chi connectivity index (χ0v) is 11.0. The first-order chi connectivity index (χ1) is 8.50. The van der Waals surface area contributed by atoms with Crippen molar-refractivity contribution in [1.29, 1.82) is 0 Å². The summed E-state index contributed by atoms with van der Waals surface area (Å²) in [6.07, 6.45) is 0.907. The SMILES string of the molecule is C[C@@H]1CCNC[C@@H]1NS(=O)(=O)c1ccccc1F. The van der Waals surface area contributed by atoms with Gasteiger partial charge in [-0.25, -0.2) is 17.5 Å². The zero-order valence-electron chi connectivity index (χ0n) is 10.2. The summed E-state index contributed by atoms with van der Waals surface area (Å²) in [5.41, 5.74) is 0. The maximum atomic E-state index is 13.5. The molecular formula is C12H17FN2O2S. The number of hydrogen-bond donors (Lipinski definition) is 2. The highest BCUT2D eigenvalue weighted by Gasteiger charge is 2.27. The fraction of sp³-hybridized carbons (Fsp3) is 0.500. The van der Waals surface area contributed by atoms with Crippen molar-refractivity contribution in [2.24, 2.45) is 5.92 Å². The quantitative estimate of drug-likeness (QED) is 0.866. The molecule has 1 aromatic carbocycles. The smallest absolute Gasteiger partial charge is 0.243 e. The van der Waals surface area contributed by atoms with Gasteiger partial charge in [0.25, 0.3) is 0 Å². The van der Waals surface area contributed by atoms with Crippen LogP contribution in [-0.2, 0) is 10.0 Å². The van der Waals surface area contributed by atoms with Crippen LogP contribution in [-0.4, -0.2) is 27.5 Å². The Kier molecular flexibility index (Phi) is 3.99. The lowest BCUT2D eigenvalue weighted by Crippen LogP contribution is -2.50. The van der Waals surface area contributed by atoms with Crippen molar-refractivity contribution in [1.82, 2.24) is 10.0 Å². The Bertz CT molecular complexity index is 519. The Labute approximate surface area is 107 Å². The number of hydrogen-bond acceptors (Lipinski definition) is 3. The van der Waals surface area contributed by atoms with Crippen LogP contribution in [0.15, 0.2) is 29.2 Å². The third-order valence-corrected chi connectivity index (χ3v) is 4.78. The maximum absolute atomic E-state index is 13.5. The molecule has 0 unspecified atom stereocenters. The van der Waals surface area contributed by atoms with E-state index >= 15 is 0 Å². The van der Waals surface area contributed by atoms with Gasteiger partial charge in [-0.3, -0.25) is 0 Å². The van der Waals surface area contributed by atoms with Crippen LogP contribution in [0.4, 0.5) is 4.39 Å². The van der Waals surface area contributed by atoms with Crippen molar-refractivity contribution in [3.8, 4) is 0 Å². The summed E-state index contributed by atoms with van der Waals surface area (Å²) < 4.78 is 40.2. The number of halogens is 1. The third kappa shape index (κ3) is 2.88. The lowest BCUT2D eigenvalue weighted by molar-refractivity contribution is 0.327. The molecule has 0 aliphatic carbocycles. The molecule has 1 fully saturated rings. The minimum absolute atomic E-state index is 0.191. The van der Waals surface area contributed by atoms with Crippen molar-refractivity contribution >= 4 is 10.0 Å². The van der Waals surface area contributed by atoms with E-state index in [1.54, 1.807) is 0 Å². The molecule has 0 amide bonds. The first-order valence-corrected chi connectivity index (χ1v) is 7.46. The number of sulfonamides is 1. The predicted octanol–water partition coefficient (Wildman–Crippen LogP) is 1.10. The van der Waals surface area contributed by atoms with Crippen LogP contribution in [0.25, 0.3) is 0 Å². The highest BCUT2D eigenvalue weighted by atomic mass is 32.2. The molecular weight excluding hydrogens is 255 g/mol. The Morgan fingerprint density at radius 3 is 2.78 bits per heavy atom. The molecule has 1 aromatic rings. The molecule has 2 rings (SSSR count). The van der Waals surface area contributed by atoms with E-state index in [-0.39, 0.29) is 16.9 Å². The van der Waals surface area contributed by atoms with Gasteiger partial charge in [0.15, 0.2) is 0 Å². The largest absolute Gasteiger partial charge is 0.315 e. The fourth-order valence-corrected chi connectivity index (χ4v) is 3.50. The van der Waals surface area contributed by atoms with Crippen LogP contribution in [0, 0.1) is 11.7 Å². The molecule has 0 radical (unpaired) electrons. The normalized spacial score (nSPS) is 25.0. The second-order valence-electron chi connectivity index (χ2n) is 4.63. The second-order valence-corrected chi connectivity index (χ2v) is 6.31. The molecule has 1 aliphatic heterocycles. The average molecular weight is 272 g/mol. The highest BCUT2D eigenvalue weighted by molar-refractivity contribution is 7.89. The van der Waals surface area contributed by atoms with Crippen molar-refractivity contribution in [3.63, 3.8) is 0 Å². The Balaban J connectivity index is 2.19. The Morgan fingerprint density at radius 1 is 1.39 bits per heavy atom. The standard InChI is InChI=1S/C12H17FN2O2S/c1-9-6-7-14-8-11(9)15-18(16,17)12-5-3-2-4-10(12)13/h2-5,9,11,14-15H,6-8H2,1H3/t9-,11+/m1/s1. The van der Waals surface area contributed by atoms with Gasteiger partial charge in [-0.1, -0.05) is 19.1 Å². The van der Waals surface area contributed by atoms with Gasteiger partial charge in [-0.15, -0.1) is 0 Å². The first kappa shape index (κ1) is 13.5. The Morgan fingerprint density at radius 2 is 2.11 bits per heavy atom. The molecule has 2 N–H and O–H groups in total. The lowest BCUT2D eigenvalue weighted by atomic mass is 9.96. The van der Waals surface area contributed by atoms with Crippen molar-refractivity contribution in [2.75, 3.05) is 13.1 Å². The monoisotopic (exact) mass is 272 g/mol. The van der Waals surface area contributed by atoms with Crippen LogP contribution < -0.4 is 10.0 Å². The van der Waals surface area contributed by atoms with E-state index in [4.69, 9.17) is 0 Å². The molecule has 1 aliphatic rings. The van der Waals surface area contributed by atoms with Crippen molar-refractivity contribution in [2.45, 2.75) is 24.3 Å². The third-order valence-electron chi connectivity index (χ3n) is 3.26. The van der Waals surface area contributed by atoms with E-state index in [0.29, 0.717) is 6.54 Å². The van der Waals surface area contributed by atoms with Gasteiger partial charge in [-0.2, -0.15) is 0 Å². The van der Waals surface area contributed by atoms with E-state index in [1.807, 2.05) is 6.92 Å². The molecule has 1 saturated heterocycles. The van der Waals surface area contributed by atoms with E-state index in [0.717, 1.165) is 19.0 Å². The summed E-state index contributed by atoms with van der Waals surface area (Å²) in [6, 6.07) is 5.22. The van der Waals surface area contributed by atoms with Gasteiger partial charge in [0.05, 0.1) is 0 Å². The van der Waals surface area contributed by atoms with Crippen molar-refractivity contribution in [3.05, 3.63) is 30.1 Å². The molecule has 2 atom stereocenters. The minimum Gasteiger partial charge on any atom is -0.315 e. The molecule has 100 valence electrons. The molecule has 1 heterocycles. The van der Waals surface area contributed by atoms with Gasteiger partial charge in [0.1, 0.15) is 10.7 Å². The minimum atomic E-state index is -3.79. The number of nitrogens with one attached hydrogen (secondary N) is 2. The molecule has 4 nitrogen and oxygen atoms in total. The molecule has 18 heavy (non-hydrogen) atoms. The number of benzene rings is 1. The molecule has 0 bridgehead atoms. The van der Waals surface area contributed by atoms with Gasteiger partial charge < -0.3 is 5.32 Å². The molecule has 0 saturated carbocycles.